The zero-order valence-electron chi connectivity index (χ0n) is 10.8. The van der Waals surface area contributed by atoms with Gasteiger partial charge in [-0.15, -0.1) is 0 Å². The molecule has 1 heteroatoms. The summed E-state index contributed by atoms with van der Waals surface area (Å²) in [5, 5.41) is 2.66. The van der Waals surface area contributed by atoms with Crippen molar-refractivity contribution in [1.29, 1.82) is 0 Å². The molecule has 0 N–H and O–H groups in total. The van der Waals surface area contributed by atoms with Crippen molar-refractivity contribution in [3.05, 3.63) is 72.1 Å². The van der Waals surface area contributed by atoms with Crippen molar-refractivity contribution in [2.75, 3.05) is 0 Å². The number of rotatable bonds is 2. The van der Waals surface area contributed by atoms with E-state index in [0.29, 0.717) is 6.04 Å². The third kappa shape index (κ3) is 1.72. The summed E-state index contributed by atoms with van der Waals surface area (Å²) < 4.78 is 2.36. The van der Waals surface area contributed by atoms with E-state index in [4.69, 9.17) is 0 Å². The molecule has 1 unspecified atom stereocenters. The summed E-state index contributed by atoms with van der Waals surface area (Å²) in [6, 6.07) is 19.6. The van der Waals surface area contributed by atoms with Crippen molar-refractivity contribution < 1.29 is 0 Å². The van der Waals surface area contributed by atoms with E-state index < -0.39 is 0 Å². The van der Waals surface area contributed by atoms with Crippen LogP contribution in [0.4, 0.5) is 0 Å². The Labute approximate surface area is 108 Å². The zero-order valence-corrected chi connectivity index (χ0v) is 10.8. The minimum atomic E-state index is 0.374. The van der Waals surface area contributed by atoms with Gasteiger partial charge < -0.3 is 4.57 Å². The Bertz CT molecular complexity index is 664. The first-order chi connectivity index (χ1) is 8.77. The Hall–Kier alpha value is -2.02. The Balaban J connectivity index is 2.12. The third-order valence-corrected chi connectivity index (χ3v) is 3.72. The second-order valence-electron chi connectivity index (χ2n) is 4.80. The molecule has 1 heterocycles. The summed E-state index contributed by atoms with van der Waals surface area (Å²) in [7, 11) is 0. The summed E-state index contributed by atoms with van der Waals surface area (Å²) in [4.78, 5) is 0. The van der Waals surface area contributed by atoms with Crippen molar-refractivity contribution in [3.8, 4) is 0 Å². The van der Waals surface area contributed by atoms with Crippen LogP contribution in [0, 0.1) is 6.92 Å². The van der Waals surface area contributed by atoms with Crippen LogP contribution in [0.1, 0.15) is 24.2 Å². The van der Waals surface area contributed by atoms with Gasteiger partial charge in [0.25, 0.3) is 0 Å². The molecule has 3 aromatic rings. The van der Waals surface area contributed by atoms with E-state index in [1.807, 2.05) is 0 Å². The molecule has 0 saturated heterocycles. The minimum absolute atomic E-state index is 0.374. The van der Waals surface area contributed by atoms with Gasteiger partial charge >= 0.3 is 0 Å². The normalized spacial score (nSPS) is 12.8. The number of hydrogen-bond donors (Lipinski definition) is 0. The van der Waals surface area contributed by atoms with Gasteiger partial charge in [-0.25, -0.2) is 0 Å². The molecule has 0 aliphatic carbocycles. The maximum atomic E-state index is 2.36. The molecule has 0 radical (unpaired) electrons. The van der Waals surface area contributed by atoms with E-state index in [0.717, 1.165) is 0 Å². The Kier molecular flexibility index (Phi) is 2.67. The summed E-state index contributed by atoms with van der Waals surface area (Å²) in [6.07, 6.45) is 2.25. The summed E-state index contributed by atoms with van der Waals surface area (Å²) in [6.45, 7) is 4.45. The lowest BCUT2D eigenvalue weighted by atomic mass is 10.1. The fourth-order valence-corrected chi connectivity index (χ4v) is 2.62. The highest BCUT2D eigenvalue weighted by atomic mass is 15.0. The lowest BCUT2D eigenvalue weighted by molar-refractivity contribution is 0.629. The molecule has 0 spiro atoms. The fourth-order valence-electron chi connectivity index (χ4n) is 2.62. The number of hydrogen-bond acceptors (Lipinski definition) is 0. The average Bonchev–Trinajstić information content (AvgIpc) is 2.77. The Morgan fingerprint density at radius 3 is 2.28 bits per heavy atom. The van der Waals surface area contributed by atoms with Gasteiger partial charge in [0, 0.05) is 17.3 Å². The van der Waals surface area contributed by atoms with Crippen molar-refractivity contribution in [1.82, 2.24) is 4.57 Å². The topological polar surface area (TPSA) is 4.93 Å². The van der Waals surface area contributed by atoms with E-state index in [9.17, 15) is 0 Å². The molecule has 0 fully saturated rings. The molecule has 0 aliphatic rings. The molecule has 0 amide bonds. The number of benzene rings is 2. The Morgan fingerprint density at radius 2 is 1.56 bits per heavy atom. The summed E-state index contributed by atoms with van der Waals surface area (Å²) >= 11 is 0. The largest absolute Gasteiger partial charge is 0.343 e. The van der Waals surface area contributed by atoms with Crippen molar-refractivity contribution in [2.24, 2.45) is 0 Å². The van der Waals surface area contributed by atoms with Gasteiger partial charge in [-0.3, -0.25) is 0 Å². The number of aromatic nitrogens is 1. The fraction of sp³-hybridized carbons (Fsp3) is 0.176. The molecule has 0 bridgehead atoms. The van der Waals surface area contributed by atoms with E-state index in [1.165, 1.54) is 22.0 Å². The standard InChI is InChI=1S/C17H17N/c1-13(15-8-4-3-5-9-15)18-12-16-10-6-7-11-17(16)14(18)2/h3-13H,1-2H3. The number of fused-ring (bicyclic) bond motifs is 1. The third-order valence-electron chi connectivity index (χ3n) is 3.72. The van der Waals surface area contributed by atoms with E-state index in [-0.39, 0.29) is 0 Å². The minimum Gasteiger partial charge on any atom is -0.343 e. The Morgan fingerprint density at radius 1 is 0.889 bits per heavy atom. The van der Waals surface area contributed by atoms with Crippen LogP contribution in [-0.4, -0.2) is 4.57 Å². The smallest absolute Gasteiger partial charge is 0.0554 e. The van der Waals surface area contributed by atoms with Crippen LogP contribution in [0.2, 0.25) is 0 Å². The molecular formula is C17H17N. The first kappa shape index (κ1) is 11.1. The van der Waals surface area contributed by atoms with Crippen LogP contribution in [-0.2, 0) is 0 Å². The highest BCUT2D eigenvalue weighted by Crippen LogP contribution is 2.26. The predicted molar refractivity (Wildman–Crippen MR) is 76.9 cm³/mol. The molecule has 1 atom stereocenters. The molecule has 0 aliphatic heterocycles. The average molecular weight is 235 g/mol. The second-order valence-corrected chi connectivity index (χ2v) is 4.80. The van der Waals surface area contributed by atoms with Gasteiger partial charge in [0.1, 0.15) is 0 Å². The maximum Gasteiger partial charge on any atom is 0.0554 e. The van der Waals surface area contributed by atoms with Crippen LogP contribution in [0.5, 0.6) is 0 Å². The lowest BCUT2D eigenvalue weighted by Gasteiger charge is -2.16. The number of aryl methyl sites for hydroxylation is 1. The molecule has 1 aromatic heterocycles. The van der Waals surface area contributed by atoms with Crippen molar-refractivity contribution >= 4 is 10.8 Å². The van der Waals surface area contributed by atoms with Gasteiger partial charge in [-0.05, 0) is 24.8 Å². The molecular weight excluding hydrogens is 218 g/mol. The van der Waals surface area contributed by atoms with Crippen LogP contribution < -0.4 is 0 Å². The zero-order chi connectivity index (χ0) is 12.5. The molecule has 18 heavy (non-hydrogen) atoms. The van der Waals surface area contributed by atoms with Crippen molar-refractivity contribution in [3.63, 3.8) is 0 Å². The molecule has 0 saturated carbocycles. The van der Waals surface area contributed by atoms with Gasteiger partial charge in [-0.1, -0.05) is 54.6 Å². The monoisotopic (exact) mass is 235 g/mol. The first-order valence-corrected chi connectivity index (χ1v) is 6.38. The van der Waals surface area contributed by atoms with Crippen LogP contribution in [0.25, 0.3) is 10.8 Å². The van der Waals surface area contributed by atoms with Gasteiger partial charge in [0.05, 0.1) is 6.04 Å². The van der Waals surface area contributed by atoms with Crippen LogP contribution in [0.3, 0.4) is 0 Å². The second kappa shape index (κ2) is 4.34. The molecule has 1 nitrogen and oxygen atoms in total. The predicted octanol–water partition coefficient (Wildman–Crippen LogP) is 4.56. The SMILES string of the molecule is Cc1c2ccccc2cn1C(C)c1ccccc1. The van der Waals surface area contributed by atoms with E-state index in [2.05, 4.69) is 79.2 Å². The molecule has 3 rings (SSSR count). The molecule has 2 aromatic carbocycles. The van der Waals surface area contributed by atoms with Crippen LogP contribution >= 0.6 is 0 Å². The summed E-state index contributed by atoms with van der Waals surface area (Å²) in [5.41, 5.74) is 2.68. The maximum absolute atomic E-state index is 2.36. The summed E-state index contributed by atoms with van der Waals surface area (Å²) in [5.74, 6) is 0. The highest BCUT2D eigenvalue weighted by molar-refractivity contribution is 5.85. The lowest BCUT2D eigenvalue weighted by Crippen LogP contribution is -2.06. The highest BCUT2D eigenvalue weighted by Gasteiger charge is 2.11. The molecule has 90 valence electrons. The first-order valence-electron chi connectivity index (χ1n) is 6.38. The quantitative estimate of drug-likeness (QED) is 0.613. The van der Waals surface area contributed by atoms with E-state index >= 15 is 0 Å². The van der Waals surface area contributed by atoms with Gasteiger partial charge in [0.2, 0.25) is 0 Å². The van der Waals surface area contributed by atoms with Gasteiger partial charge in [0.15, 0.2) is 0 Å². The number of nitrogens with zero attached hydrogens (tertiary/aromatic N) is 1. The van der Waals surface area contributed by atoms with Crippen molar-refractivity contribution in [2.45, 2.75) is 19.9 Å². The van der Waals surface area contributed by atoms with Crippen LogP contribution in [0.15, 0.2) is 60.8 Å². The van der Waals surface area contributed by atoms with Gasteiger partial charge in [-0.2, -0.15) is 0 Å². The van der Waals surface area contributed by atoms with E-state index in [1.54, 1.807) is 0 Å².